The van der Waals surface area contributed by atoms with Gasteiger partial charge < -0.3 is 10.2 Å². The molecule has 4 heteroatoms. The van der Waals surface area contributed by atoms with Crippen molar-refractivity contribution in [2.24, 2.45) is 0 Å². The van der Waals surface area contributed by atoms with Gasteiger partial charge >= 0.3 is 0 Å². The highest BCUT2D eigenvalue weighted by Crippen LogP contribution is 2.41. The molecule has 0 unspecified atom stereocenters. The summed E-state index contributed by atoms with van der Waals surface area (Å²) in [6.07, 6.45) is 8.97. The highest BCUT2D eigenvalue weighted by atomic mass is 16.3. The second-order valence-corrected chi connectivity index (χ2v) is 12.1. The van der Waals surface area contributed by atoms with Crippen molar-refractivity contribution in [1.29, 1.82) is 0 Å². The standard InChI is InChI=1S/C38H38O4/c39-35(27-12-4-1-5-13-27)32-15-7-6-14-31(32)34-26-30(38(42)24-10-3-11-25-38)20-21-33(34)36(40)28-16-18-29(19-17-28)37(41)22-8-2-9-23-37/h1,4-7,12-21,26,41-42H,2-3,8-11,22-25H2. The lowest BCUT2D eigenvalue weighted by Crippen LogP contribution is -2.28. The molecule has 2 saturated carbocycles. The Kier molecular flexibility index (Phi) is 7.94. The molecule has 4 aromatic carbocycles. The molecule has 2 aliphatic rings. The predicted octanol–water partition coefficient (Wildman–Crippen LogP) is 8.12. The summed E-state index contributed by atoms with van der Waals surface area (Å²) in [7, 11) is 0. The molecule has 0 saturated heterocycles. The van der Waals surface area contributed by atoms with E-state index in [0.717, 1.165) is 62.5 Å². The van der Waals surface area contributed by atoms with Gasteiger partial charge in [-0.2, -0.15) is 0 Å². The fraction of sp³-hybridized carbons (Fsp3) is 0.316. The van der Waals surface area contributed by atoms with E-state index in [-0.39, 0.29) is 11.6 Å². The molecular formula is C38H38O4. The molecule has 214 valence electrons. The molecule has 0 spiro atoms. The summed E-state index contributed by atoms with van der Waals surface area (Å²) in [4.78, 5) is 27.8. The van der Waals surface area contributed by atoms with Gasteiger partial charge in [-0.15, -0.1) is 0 Å². The lowest BCUT2D eigenvalue weighted by molar-refractivity contribution is -0.000941. The molecule has 6 rings (SSSR count). The van der Waals surface area contributed by atoms with Gasteiger partial charge in [0, 0.05) is 22.3 Å². The number of hydrogen-bond acceptors (Lipinski definition) is 4. The zero-order chi connectivity index (χ0) is 29.2. The Labute approximate surface area is 248 Å². The van der Waals surface area contributed by atoms with Crippen LogP contribution in [0.3, 0.4) is 0 Å². The maximum Gasteiger partial charge on any atom is 0.193 e. The Morgan fingerprint density at radius 3 is 1.57 bits per heavy atom. The molecule has 2 N–H and O–H groups in total. The summed E-state index contributed by atoms with van der Waals surface area (Å²) in [5, 5.41) is 22.8. The van der Waals surface area contributed by atoms with Crippen molar-refractivity contribution < 1.29 is 19.8 Å². The van der Waals surface area contributed by atoms with Gasteiger partial charge in [-0.1, -0.05) is 130 Å². The zero-order valence-electron chi connectivity index (χ0n) is 24.0. The first kappa shape index (κ1) is 28.3. The number of ketones is 2. The van der Waals surface area contributed by atoms with Crippen molar-refractivity contribution in [3.05, 3.63) is 130 Å². The summed E-state index contributed by atoms with van der Waals surface area (Å²) in [6.45, 7) is 0. The molecule has 0 aromatic heterocycles. The van der Waals surface area contributed by atoms with Crippen LogP contribution in [-0.2, 0) is 11.2 Å². The molecule has 2 fully saturated rings. The van der Waals surface area contributed by atoms with E-state index >= 15 is 0 Å². The normalized spacial score (nSPS) is 17.9. The highest BCUT2D eigenvalue weighted by molar-refractivity contribution is 6.17. The van der Waals surface area contributed by atoms with Crippen LogP contribution in [0, 0.1) is 0 Å². The number of hydrogen-bond donors (Lipinski definition) is 2. The van der Waals surface area contributed by atoms with E-state index < -0.39 is 11.2 Å². The molecular weight excluding hydrogens is 520 g/mol. The van der Waals surface area contributed by atoms with Gasteiger partial charge in [-0.25, -0.2) is 0 Å². The molecule has 0 amide bonds. The van der Waals surface area contributed by atoms with Crippen molar-refractivity contribution in [3.8, 4) is 11.1 Å². The first-order valence-electron chi connectivity index (χ1n) is 15.3. The van der Waals surface area contributed by atoms with Crippen LogP contribution < -0.4 is 0 Å². The predicted molar refractivity (Wildman–Crippen MR) is 166 cm³/mol. The van der Waals surface area contributed by atoms with Gasteiger partial charge in [0.2, 0.25) is 0 Å². The number of rotatable bonds is 7. The number of carbonyl (C=O) groups is 2. The third kappa shape index (κ3) is 5.49. The zero-order valence-corrected chi connectivity index (χ0v) is 24.0. The Hall–Kier alpha value is -3.86. The maximum absolute atomic E-state index is 14.1. The molecule has 4 nitrogen and oxygen atoms in total. The molecule has 0 heterocycles. The quantitative estimate of drug-likeness (QED) is 0.225. The average molecular weight is 559 g/mol. The van der Waals surface area contributed by atoms with Crippen molar-refractivity contribution in [3.63, 3.8) is 0 Å². The average Bonchev–Trinajstić information content (AvgIpc) is 3.05. The third-order valence-corrected chi connectivity index (χ3v) is 9.35. The lowest BCUT2D eigenvalue weighted by Gasteiger charge is -2.33. The Bertz CT molecular complexity index is 1570. The third-order valence-electron chi connectivity index (χ3n) is 9.35. The van der Waals surface area contributed by atoms with Gasteiger partial charge in [0.05, 0.1) is 11.2 Å². The topological polar surface area (TPSA) is 74.6 Å². The lowest BCUT2D eigenvalue weighted by atomic mass is 9.77. The molecule has 0 radical (unpaired) electrons. The fourth-order valence-electron chi connectivity index (χ4n) is 6.85. The van der Waals surface area contributed by atoms with Crippen LogP contribution in [0.1, 0.15) is 107 Å². The monoisotopic (exact) mass is 558 g/mol. The van der Waals surface area contributed by atoms with Gasteiger partial charge in [0.25, 0.3) is 0 Å². The molecule has 4 aromatic rings. The summed E-state index contributed by atoms with van der Waals surface area (Å²) < 4.78 is 0. The van der Waals surface area contributed by atoms with E-state index in [1.807, 2.05) is 66.7 Å². The molecule has 0 atom stereocenters. The minimum Gasteiger partial charge on any atom is -0.385 e. The van der Waals surface area contributed by atoms with E-state index in [1.165, 1.54) is 0 Å². The Morgan fingerprint density at radius 1 is 0.476 bits per heavy atom. The van der Waals surface area contributed by atoms with Gasteiger partial charge in [-0.3, -0.25) is 9.59 Å². The van der Waals surface area contributed by atoms with Crippen molar-refractivity contribution in [2.45, 2.75) is 75.4 Å². The highest BCUT2D eigenvalue weighted by Gasteiger charge is 2.33. The first-order chi connectivity index (χ1) is 20.4. The van der Waals surface area contributed by atoms with Crippen molar-refractivity contribution >= 4 is 11.6 Å². The van der Waals surface area contributed by atoms with Gasteiger partial charge in [-0.05, 0) is 54.0 Å². The smallest absolute Gasteiger partial charge is 0.193 e. The van der Waals surface area contributed by atoms with Gasteiger partial charge in [0.15, 0.2) is 11.6 Å². The second kappa shape index (κ2) is 11.8. The Balaban J connectivity index is 1.44. The minimum atomic E-state index is -0.954. The van der Waals surface area contributed by atoms with E-state index in [9.17, 15) is 19.8 Å². The van der Waals surface area contributed by atoms with Crippen LogP contribution in [-0.4, -0.2) is 21.8 Å². The molecule has 0 aliphatic heterocycles. The van der Waals surface area contributed by atoms with E-state index in [0.29, 0.717) is 46.2 Å². The van der Waals surface area contributed by atoms with Crippen LogP contribution in [0.2, 0.25) is 0 Å². The SMILES string of the molecule is O=C(c1ccccc1)c1ccccc1-c1cc(C2(O)CCCCC2)ccc1C(=O)c1ccc(C2(O)CCCCC2)cc1. The second-order valence-electron chi connectivity index (χ2n) is 12.1. The minimum absolute atomic E-state index is 0.114. The summed E-state index contributed by atoms with van der Waals surface area (Å²) >= 11 is 0. The number of benzene rings is 4. The van der Waals surface area contributed by atoms with Crippen molar-refractivity contribution in [2.75, 3.05) is 0 Å². The maximum atomic E-state index is 14.1. The molecule has 0 bridgehead atoms. The number of carbonyl (C=O) groups excluding carboxylic acids is 2. The first-order valence-corrected chi connectivity index (χ1v) is 15.3. The van der Waals surface area contributed by atoms with Gasteiger partial charge in [0.1, 0.15) is 0 Å². The summed E-state index contributed by atoms with van der Waals surface area (Å²) in [5.41, 5.74) is 3.26. The van der Waals surface area contributed by atoms with Crippen LogP contribution in [0.4, 0.5) is 0 Å². The van der Waals surface area contributed by atoms with Crippen LogP contribution in [0.25, 0.3) is 11.1 Å². The Morgan fingerprint density at radius 2 is 0.952 bits per heavy atom. The number of aliphatic hydroxyl groups is 2. The molecule has 2 aliphatic carbocycles. The van der Waals surface area contributed by atoms with E-state index in [1.54, 1.807) is 30.3 Å². The summed E-state index contributed by atoms with van der Waals surface area (Å²) in [5.74, 6) is -0.271. The van der Waals surface area contributed by atoms with Crippen LogP contribution in [0.5, 0.6) is 0 Å². The van der Waals surface area contributed by atoms with Crippen LogP contribution >= 0.6 is 0 Å². The molecule has 42 heavy (non-hydrogen) atoms. The van der Waals surface area contributed by atoms with E-state index in [2.05, 4.69) is 0 Å². The van der Waals surface area contributed by atoms with Crippen molar-refractivity contribution in [1.82, 2.24) is 0 Å². The van der Waals surface area contributed by atoms with Crippen LogP contribution in [0.15, 0.2) is 97.1 Å². The fourth-order valence-corrected chi connectivity index (χ4v) is 6.85. The largest absolute Gasteiger partial charge is 0.385 e. The van der Waals surface area contributed by atoms with E-state index in [4.69, 9.17) is 0 Å². The summed E-state index contributed by atoms with van der Waals surface area (Å²) in [6, 6.07) is 29.6.